The van der Waals surface area contributed by atoms with Gasteiger partial charge in [0, 0.05) is 24.1 Å². The van der Waals surface area contributed by atoms with Crippen LogP contribution in [0.3, 0.4) is 0 Å². The van der Waals surface area contributed by atoms with E-state index in [1.807, 2.05) is 12.1 Å². The molecule has 1 aromatic heterocycles. The first kappa shape index (κ1) is 11.3. The van der Waals surface area contributed by atoms with Crippen molar-refractivity contribution < 1.29 is 9.47 Å². The van der Waals surface area contributed by atoms with E-state index in [0.29, 0.717) is 18.2 Å². The van der Waals surface area contributed by atoms with E-state index in [9.17, 15) is 0 Å². The molecular formula is C12H9ClINO2. The summed E-state index contributed by atoms with van der Waals surface area (Å²) in [5, 5.41) is 1.62. The number of ether oxygens (including phenoxy) is 2. The van der Waals surface area contributed by atoms with Gasteiger partial charge in [-0.25, -0.2) is 0 Å². The lowest BCUT2D eigenvalue weighted by atomic mass is 10.2. The van der Waals surface area contributed by atoms with Crippen LogP contribution in [0.5, 0.6) is 11.5 Å². The van der Waals surface area contributed by atoms with E-state index >= 15 is 0 Å². The van der Waals surface area contributed by atoms with Crippen molar-refractivity contribution in [3.63, 3.8) is 0 Å². The van der Waals surface area contributed by atoms with E-state index in [-0.39, 0.29) is 0 Å². The Morgan fingerprint density at radius 2 is 1.88 bits per heavy atom. The molecule has 0 saturated heterocycles. The molecule has 0 aliphatic carbocycles. The Morgan fingerprint density at radius 3 is 2.65 bits per heavy atom. The normalized spacial score (nSPS) is 14.7. The molecule has 2 heterocycles. The maximum atomic E-state index is 6.27. The van der Waals surface area contributed by atoms with E-state index < -0.39 is 0 Å². The van der Waals surface area contributed by atoms with Gasteiger partial charge in [0.2, 0.25) is 0 Å². The van der Waals surface area contributed by atoms with Crippen LogP contribution in [0.1, 0.15) is 6.42 Å². The minimum absolute atomic E-state index is 0.674. The molecule has 0 unspecified atom stereocenters. The van der Waals surface area contributed by atoms with Crippen LogP contribution in [-0.2, 0) is 0 Å². The van der Waals surface area contributed by atoms with Gasteiger partial charge in [0.25, 0.3) is 0 Å². The minimum atomic E-state index is 0.674. The molecule has 0 N–H and O–H groups in total. The Kier molecular flexibility index (Phi) is 3.00. The lowest BCUT2D eigenvalue weighted by molar-refractivity contribution is 0.297. The zero-order chi connectivity index (χ0) is 11.8. The fraction of sp³-hybridized carbons (Fsp3) is 0.250. The van der Waals surface area contributed by atoms with E-state index in [1.54, 1.807) is 6.20 Å². The van der Waals surface area contributed by atoms with Gasteiger partial charge in [-0.3, -0.25) is 4.98 Å². The maximum Gasteiger partial charge on any atom is 0.163 e. The predicted molar refractivity (Wildman–Crippen MR) is 75.1 cm³/mol. The van der Waals surface area contributed by atoms with Gasteiger partial charge >= 0.3 is 0 Å². The third kappa shape index (κ3) is 2.04. The van der Waals surface area contributed by atoms with Crippen LogP contribution < -0.4 is 9.47 Å². The fourth-order valence-corrected chi connectivity index (χ4v) is 2.42. The Morgan fingerprint density at radius 1 is 1.18 bits per heavy atom. The van der Waals surface area contributed by atoms with Crippen LogP contribution in [0.25, 0.3) is 10.9 Å². The summed E-state index contributed by atoms with van der Waals surface area (Å²) in [4.78, 5) is 4.35. The first-order valence-electron chi connectivity index (χ1n) is 5.29. The van der Waals surface area contributed by atoms with Gasteiger partial charge < -0.3 is 9.47 Å². The molecule has 0 atom stereocenters. The van der Waals surface area contributed by atoms with Crippen molar-refractivity contribution in [1.29, 1.82) is 0 Å². The molecule has 1 aliphatic rings. The Hall–Kier alpha value is -0.750. The summed E-state index contributed by atoms with van der Waals surface area (Å²) in [5.41, 5.74) is 0.833. The van der Waals surface area contributed by atoms with Gasteiger partial charge in [-0.1, -0.05) is 11.6 Å². The van der Waals surface area contributed by atoms with Gasteiger partial charge in [0.1, 0.15) is 0 Å². The van der Waals surface area contributed by atoms with Crippen molar-refractivity contribution in [3.05, 3.63) is 26.9 Å². The van der Waals surface area contributed by atoms with Crippen LogP contribution in [0.15, 0.2) is 18.3 Å². The Bertz CT molecular complexity index is 588. The van der Waals surface area contributed by atoms with Crippen LogP contribution >= 0.6 is 34.2 Å². The molecule has 0 bridgehead atoms. The number of nitrogens with zero attached hydrogens (tertiary/aromatic N) is 1. The second-order valence-corrected chi connectivity index (χ2v) is 5.33. The molecule has 3 rings (SSSR count). The lowest BCUT2D eigenvalue weighted by Gasteiger charge is -2.09. The maximum absolute atomic E-state index is 6.27. The average molecular weight is 362 g/mol. The van der Waals surface area contributed by atoms with Crippen LogP contribution in [-0.4, -0.2) is 18.2 Å². The molecule has 0 spiro atoms. The van der Waals surface area contributed by atoms with E-state index in [1.165, 1.54) is 0 Å². The van der Waals surface area contributed by atoms with E-state index in [0.717, 1.165) is 32.4 Å². The van der Waals surface area contributed by atoms with Crippen molar-refractivity contribution in [2.45, 2.75) is 6.42 Å². The zero-order valence-electron chi connectivity index (χ0n) is 8.87. The molecule has 0 saturated carbocycles. The quantitative estimate of drug-likeness (QED) is 0.671. The largest absolute Gasteiger partial charge is 0.490 e. The second-order valence-electron chi connectivity index (χ2n) is 3.79. The number of rotatable bonds is 0. The number of fused-ring (bicyclic) bond motifs is 2. The highest BCUT2D eigenvalue weighted by Gasteiger charge is 2.14. The predicted octanol–water partition coefficient (Wildman–Crippen LogP) is 3.65. The highest BCUT2D eigenvalue weighted by molar-refractivity contribution is 14.1. The lowest BCUT2D eigenvalue weighted by Crippen LogP contribution is -1.97. The smallest absolute Gasteiger partial charge is 0.163 e. The van der Waals surface area contributed by atoms with Crippen molar-refractivity contribution in [3.8, 4) is 11.5 Å². The first-order chi connectivity index (χ1) is 8.25. The number of halogens is 2. The Labute approximate surface area is 117 Å². The van der Waals surface area contributed by atoms with Gasteiger partial charge in [-0.15, -0.1) is 0 Å². The third-order valence-corrected chi connectivity index (χ3v) is 4.17. The molecule has 88 valence electrons. The van der Waals surface area contributed by atoms with Crippen LogP contribution in [0.2, 0.25) is 5.02 Å². The van der Waals surface area contributed by atoms with E-state index in [4.69, 9.17) is 21.1 Å². The summed E-state index contributed by atoms with van der Waals surface area (Å²) < 4.78 is 12.2. The van der Waals surface area contributed by atoms with Crippen molar-refractivity contribution in [2.75, 3.05) is 13.2 Å². The molecule has 3 nitrogen and oxygen atoms in total. The van der Waals surface area contributed by atoms with Gasteiger partial charge in [-0.05, 0) is 28.7 Å². The second kappa shape index (κ2) is 4.49. The number of hydrogen-bond acceptors (Lipinski definition) is 3. The topological polar surface area (TPSA) is 31.4 Å². The summed E-state index contributed by atoms with van der Waals surface area (Å²) >= 11 is 8.43. The fourth-order valence-electron chi connectivity index (χ4n) is 1.79. The molecule has 17 heavy (non-hydrogen) atoms. The summed E-state index contributed by atoms with van der Waals surface area (Å²) in [6, 6.07) is 3.80. The van der Waals surface area contributed by atoms with Crippen LogP contribution in [0.4, 0.5) is 0 Å². The molecule has 0 fully saturated rings. The summed E-state index contributed by atoms with van der Waals surface area (Å²) in [7, 11) is 0. The highest BCUT2D eigenvalue weighted by atomic mass is 127. The van der Waals surface area contributed by atoms with Gasteiger partial charge in [0.15, 0.2) is 11.5 Å². The number of pyridine rings is 1. The molecule has 0 radical (unpaired) electrons. The molecule has 5 heteroatoms. The van der Waals surface area contributed by atoms with Gasteiger partial charge in [-0.2, -0.15) is 0 Å². The summed E-state index contributed by atoms with van der Waals surface area (Å²) in [6.07, 6.45) is 2.65. The first-order valence-corrected chi connectivity index (χ1v) is 6.75. The minimum Gasteiger partial charge on any atom is -0.490 e. The van der Waals surface area contributed by atoms with E-state index in [2.05, 4.69) is 27.6 Å². The Balaban J connectivity index is 2.26. The number of aromatic nitrogens is 1. The monoisotopic (exact) mass is 361 g/mol. The van der Waals surface area contributed by atoms with Crippen molar-refractivity contribution in [2.24, 2.45) is 0 Å². The van der Waals surface area contributed by atoms with Crippen molar-refractivity contribution in [1.82, 2.24) is 4.98 Å². The zero-order valence-corrected chi connectivity index (χ0v) is 11.8. The molecule has 1 aromatic carbocycles. The third-order valence-electron chi connectivity index (χ3n) is 2.63. The summed E-state index contributed by atoms with van der Waals surface area (Å²) in [5.74, 6) is 1.50. The molecular weight excluding hydrogens is 352 g/mol. The van der Waals surface area contributed by atoms with Gasteiger partial charge in [0.05, 0.1) is 27.3 Å². The average Bonchev–Trinajstić information content (AvgIpc) is 2.57. The molecule has 1 aliphatic heterocycles. The molecule has 2 aromatic rings. The summed E-state index contributed by atoms with van der Waals surface area (Å²) in [6.45, 7) is 1.35. The number of benzene rings is 1. The standard InChI is InChI=1S/C12H9ClINO2/c13-12-7-4-10-11(17-3-1-2-16-10)5-9(7)15-6-8(12)14/h4-6H,1-3H2. The highest BCUT2D eigenvalue weighted by Crippen LogP contribution is 2.37. The SMILES string of the molecule is Clc1c(I)cnc2cc3c(cc12)OCCCO3. The van der Waals surface area contributed by atoms with Crippen molar-refractivity contribution >= 4 is 45.1 Å². The molecule has 0 amide bonds. The number of hydrogen-bond donors (Lipinski definition) is 0. The van der Waals surface area contributed by atoms with Crippen LogP contribution in [0, 0.1) is 3.57 Å².